The molecule has 4 nitrogen and oxygen atoms in total. The summed E-state index contributed by atoms with van der Waals surface area (Å²) in [6.07, 6.45) is 12.3. The standard InChI is InChI=1S/C16H30N2O2/c1-3-5-7-8-9-10-11-17-12-14-18(15-17,16(19)20)13-6-4-2/h12,14H,3-11,13,15H2,1-2H3. The summed E-state index contributed by atoms with van der Waals surface area (Å²) in [5, 5.41) is 11.4. The number of hydrogen-bond acceptors (Lipinski definition) is 3. The molecular formula is C16H30N2O2. The van der Waals surface area contributed by atoms with Crippen molar-refractivity contribution < 1.29 is 14.4 Å². The molecule has 1 heterocycles. The topological polar surface area (TPSA) is 43.4 Å². The third-order valence-corrected chi connectivity index (χ3v) is 4.07. The van der Waals surface area contributed by atoms with Gasteiger partial charge in [-0.15, -0.1) is 0 Å². The van der Waals surface area contributed by atoms with Crippen molar-refractivity contribution >= 4 is 6.09 Å². The third-order valence-electron chi connectivity index (χ3n) is 4.07. The highest BCUT2D eigenvalue weighted by Crippen LogP contribution is 2.20. The van der Waals surface area contributed by atoms with Gasteiger partial charge < -0.3 is 14.8 Å². The van der Waals surface area contributed by atoms with Gasteiger partial charge in [0.1, 0.15) is 6.20 Å². The minimum atomic E-state index is -0.972. The lowest BCUT2D eigenvalue weighted by Gasteiger charge is -2.32. The molecule has 20 heavy (non-hydrogen) atoms. The van der Waals surface area contributed by atoms with Crippen LogP contribution in [0.25, 0.3) is 0 Å². The van der Waals surface area contributed by atoms with Crippen LogP contribution in [-0.2, 0) is 0 Å². The molecule has 0 radical (unpaired) electrons. The second-order valence-electron chi connectivity index (χ2n) is 5.90. The van der Waals surface area contributed by atoms with Gasteiger partial charge in [-0.2, -0.15) is 0 Å². The lowest BCUT2D eigenvalue weighted by molar-refractivity contribution is -0.830. The maximum atomic E-state index is 11.4. The Labute approximate surface area is 123 Å². The monoisotopic (exact) mass is 282 g/mol. The average Bonchev–Trinajstić information content (AvgIpc) is 2.85. The van der Waals surface area contributed by atoms with Gasteiger partial charge in [0, 0.05) is 6.54 Å². The zero-order chi connectivity index (χ0) is 14.8. The van der Waals surface area contributed by atoms with Crippen LogP contribution in [-0.4, -0.2) is 35.2 Å². The van der Waals surface area contributed by atoms with Gasteiger partial charge in [0.25, 0.3) is 6.09 Å². The molecule has 0 aromatic carbocycles. The van der Waals surface area contributed by atoms with Crippen LogP contribution < -0.4 is 5.11 Å². The number of hydrogen-bond donors (Lipinski definition) is 0. The Hall–Kier alpha value is -1.03. The second-order valence-corrected chi connectivity index (χ2v) is 5.90. The van der Waals surface area contributed by atoms with Crippen molar-refractivity contribution in [2.24, 2.45) is 0 Å². The molecule has 0 bridgehead atoms. The molecule has 0 aromatic rings. The zero-order valence-electron chi connectivity index (χ0n) is 13.1. The predicted octanol–water partition coefficient (Wildman–Crippen LogP) is 3.05. The van der Waals surface area contributed by atoms with Gasteiger partial charge in [0.15, 0.2) is 6.67 Å². The maximum absolute atomic E-state index is 11.4. The molecule has 0 aliphatic carbocycles. The highest BCUT2D eigenvalue weighted by Gasteiger charge is 2.33. The molecular weight excluding hydrogens is 252 g/mol. The summed E-state index contributed by atoms with van der Waals surface area (Å²) in [7, 11) is 0. The first-order valence-electron chi connectivity index (χ1n) is 8.16. The Morgan fingerprint density at radius 2 is 1.75 bits per heavy atom. The molecule has 0 N–H and O–H groups in total. The molecule has 0 fully saturated rings. The van der Waals surface area contributed by atoms with Crippen LogP contribution in [0.1, 0.15) is 65.2 Å². The number of rotatable bonds is 10. The van der Waals surface area contributed by atoms with Crippen LogP contribution >= 0.6 is 0 Å². The van der Waals surface area contributed by atoms with E-state index < -0.39 is 6.09 Å². The molecule has 116 valence electrons. The van der Waals surface area contributed by atoms with Gasteiger partial charge in [-0.05, 0) is 12.8 Å². The molecule has 4 heteroatoms. The highest BCUT2D eigenvalue weighted by molar-refractivity contribution is 5.55. The maximum Gasteiger partial charge on any atom is 0.263 e. The number of carbonyl (C=O) groups excluding carboxylic acids is 1. The van der Waals surface area contributed by atoms with Crippen LogP contribution in [0.2, 0.25) is 0 Å². The Morgan fingerprint density at radius 3 is 2.40 bits per heavy atom. The summed E-state index contributed by atoms with van der Waals surface area (Å²) in [5.74, 6) is 0. The van der Waals surface area contributed by atoms with Crippen molar-refractivity contribution in [3.8, 4) is 0 Å². The van der Waals surface area contributed by atoms with E-state index in [9.17, 15) is 9.90 Å². The lowest BCUT2D eigenvalue weighted by atomic mass is 10.1. The second kappa shape index (κ2) is 9.01. The fourth-order valence-electron chi connectivity index (χ4n) is 2.68. The normalized spacial score (nSPS) is 21.6. The summed E-state index contributed by atoms with van der Waals surface area (Å²) >= 11 is 0. The number of quaternary nitrogens is 1. The molecule has 0 aromatic heterocycles. The number of carboxylic acid groups (broad SMARTS) is 1. The van der Waals surface area contributed by atoms with Crippen LogP contribution in [0, 0.1) is 0 Å². The summed E-state index contributed by atoms with van der Waals surface area (Å²) in [4.78, 5) is 13.5. The number of nitrogens with zero attached hydrogens (tertiary/aromatic N) is 2. The summed E-state index contributed by atoms with van der Waals surface area (Å²) in [5.41, 5.74) is 0. The largest absolute Gasteiger partial charge is 0.498 e. The van der Waals surface area contributed by atoms with E-state index in [1.54, 1.807) is 6.20 Å². The average molecular weight is 282 g/mol. The van der Waals surface area contributed by atoms with E-state index in [4.69, 9.17) is 0 Å². The van der Waals surface area contributed by atoms with E-state index in [2.05, 4.69) is 18.7 Å². The van der Waals surface area contributed by atoms with Gasteiger partial charge >= 0.3 is 0 Å². The van der Waals surface area contributed by atoms with E-state index in [-0.39, 0.29) is 4.48 Å². The number of carbonyl (C=O) groups is 1. The van der Waals surface area contributed by atoms with Gasteiger partial charge in [0.2, 0.25) is 0 Å². The molecule has 0 saturated carbocycles. The Balaban J connectivity index is 2.27. The summed E-state index contributed by atoms with van der Waals surface area (Å²) < 4.78 is -0.0241. The van der Waals surface area contributed by atoms with Gasteiger partial charge in [0.05, 0.1) is 12.7 Å². The van der Waals surface area contributed by atoms with Gasteiger partial charge in [-0.1, -0.05) is 52.4 Å². The minimum Gasteiger partial charge on any atom is -0.498 e. The first kappa shape index (κ1) is 17.0. The first-order valence-corrected chi connectivity index (χ1v) is 8.16. The number of amides is 1. The quantitative estimate of drug-likeness (QED) is 0.457. The van der Waals surface area contributed by atoms with E-state index in [0.717, 1.165) is 25.8 Å². The fraction of sp³-hybridized carbons (Fsp3) is 0.812. The lowest BCUT2D eigenvalue weighted by Crippen LogP contribution is -2.56. The fourth-order valence-corrected chi connectivity index (χ4v) is 2.68. The molecule has 1 aliphatic rings. The van der Waals surface area contributed by atoms with Gasteiger partial charge in [-0.3, -0.25) is 0 Å². The summed E-state index contributed by atoms with van der Waals surface area (Å²) in [6.45, 7) is 6.45. The summed E-state index contributed by atoms with van der Waals surface area (Å²) in [6, 6.07) is 0. The van der Waals surface area contributed by atoms with Crippen LogP contribution in [0.5, 0.6) is 0 Å². The first-order chi connectivity index (χ1) is 9.64. The third kappa shape index (κ3) is 5.16. The van der Waals surface area contributed by atoms with E-state index in [0.29, 0.717) is 13.2 Å². The van der Waals surface area contributed by atoms with Crippen molar-refractivity contribution in [1.82, 2.24) is 4.90 Å². The van der Waals surface area contributed by atoms with Crippen LogP contribution in [0.15, 0.2) is 12.4 Å². The van der Waals surface area contributed by atoms with E-state index in [1.807, 2.05) is 6.20 Å². The molecule has 1 aliphatic heterocycles. The Bertz CT molecular complexity index is 318. The van der Waals surface area contributed by atoms with Crippen LogP contribution in [0.4, 0.5) is 4.79 Å². The Morgan fingerprint density at radius 1 is 1.10 bits per heavy atom. The molecule has 1 atom stereocenters. The van der Waals surface area contributed by atoms with Gasteiger partial charge in [-0.25, -0.2) is 4.48 Å². The smallest absolute Gasteiger partial charge is 0.263 e. The Kier molecular flexibility index (Phi) is 7.67. The van der Waals surface area contributed by atoms with Crippen molar-refractivity contribution in [3.05, 3.63) is 12.4 Å². The molecule has 1 amide bonds. The van der Waals surface area contributed by atoms with Crippen molar-refractivity contribution in [2.45, 2.75) is 65.2 Å². The van der Waals surface area contributed by atoms with Crippen LogP contribution in [0.3, 0.4) is 0 Å². The molecule has 0 spiro atoms. The molecule has 0 saturated heterocycles. The molecule has 1 rings (SSSR count). The molecule has 1 unspecified atom stereocenters. The van der Waals surface area contributed by atoms with Crippen molar-refractivity contribution in [1.29, 1.82) is 0 Å². The SMILES string of the molecule is CCCCCCCCN1C=C[N+](CCCC)(C(=O)[O-])C1. The van der Waals surface area contributed by atoms with E-state index >= 15 is 0 Å². The van der Waals surface area contributed by atoms with Crippen molar-refractivity contribution in [3.63, 3.8) is 0 Å². The zero-order valence-corrected chi connectivity index (χ0v) is 13.1. The van der Waals surface area contributed by atoms with E-state index in [1.165, 1.54) is 32.1 Å². The minimum absolute atomic E-state index is 0.0241. The van der Waals surface area contributed by atoms with Crippen molar-refractivity contribution in [2.75, 3.05) is 19.8 Å². The number of unbranched alkanes of at least 4 members (excludes halogenated alkanes) is 6. The predicted molar refractivity (Wildman–Crippen MR) is 79.5 cm³/mol. The highest BCUT2D eigenvalue weighted by atomic mass is 16.4.